The summed E-state index contributed by atoms with van der Waals surface area (Å²) in [4.78, 5) is 0. The van der Waals surface area contributed by atoms with Crippen LogP contribution < -0.4 is 5.32 Å². The lowest BCUT2D eigenvalue weighted by Gasteiger charge is -2.19. The van der Waals surface area contributed by atoms with Crippen molar-refractivity contribution in [2.24, 2.45) is 0 Å². The number of unbranched alkanes of at least 4 members (excludes halogenated alkanes) is 1. The van der Waals surface area contributed by atoms with Crippen molar-refractivity contribution in [3.63, 3.8) is 0 Å². The smallest absolute Gasteiger partial charge is 0.0543 e. The highest BCUT2D eigenvalue weighted by molar-refractivity contribution is 4.68. The van der Waals surface area contributed by atoms with E-state index in [4.69, 9.17) is 4.74 Å². The van der Waals surface area contributed by atoms with Gasteiger partial charge < -0.3 is 10.1 Å². The number of ether oxygens (including phenoxy) is 1. The molecule has 2 nitrogen and oxygen atoms in total. The van der Waals surface area contributed by atoms with Crippen LogP contribution in [-0.2, 0) is 4.74 Å². The Balaban J connectivity index is 3.67. The average Bonchev–Trinajstić information content (AvgIpc) is 2.27. The second kappa shape index (κ2) is 10.4. The molecule has 2 atom stereocenters. The third-order valence-corrected chi connectivity index (χ3v) is 2.91. The molecule has 0 fully saturated rings. The number of nitrogens with one attached hydrogen (secondary N) is 1. The third kappa shape index (κ3) is 8.88. The summed E-state index contributed by atoms with van der Waals surface area (Å²) in [6.45, 7) is 7.78. The lowest BCUT2D eigenvalue weighted by Crippen LogP contribution is -2.30. The second-order valence-corrected chi connectivity index (χ2v) is 4.42. The highest BCUT2D eigenvalue weighted by atomic mass is 16.5. The van der Waals surface area contributed by atoms with Crippen LogP contribution in [0.4, 0.5) is 0 Å². The molecule has 0 aromatic carbocycles. The Kier molecular flexibility index (Phi) is 10.4. The van der Waals surface area contributed by atoms with E-state index in [1.165, 1.54) is 38.5 Å². The van der Waals surface area contributed by atoms with E-state index in [-0.39, 0.29) is 0 Å². The van der Waals surface area contributed by atoms with Gasteiger partial charge >= 0.3 is 0 Å². The maximum atomic E-state index is 5.28. The Morgan fingerprint density at radius 1 is 1.07 bits per heavy atom. The van der Waals surface area contributed by atoms with E-state index in [1.54, 1.807) is 7.11 Å². The van der Waals surface area contributed by atoms with Gasteiger partial charge in [0, 0.05) is 13.2 Å². The summed E-state index contributed by atoms with van der Waals surface area (Å²) in [6, 6.07) is 0.697. The minimum atomic E-state index is 0.401. The van der Waals surface area contributed by atoms with Crippen LogP contribution >= 0.6 is 0 Å². The summed E-state index contributed by atoms with van der Waals surface area (Å²) in [5.74, 6) is 0. The van der Waals surface area contributed by atoms with E-state index in [1.807, 2.05) is 0 Å². The van der Waals surface area contributed by atoms with Gasteiger partial charge in [0.1, 0.15) is 0 Å². The molecule has 0 aromatic rings. The van der Waals surface area contributed by atoms with Crippen molar-refractivity contribution < 1.29 is 4.74 Å². The third-order valence-electron chi connectivity index (χ3n) is 2.91. The predicted molar refractivity (Wildman–Crippen MR) is 67.3 cm³/mol. The van der Waals surface area contributed by atoms with Crippen molar-refractivity contribution in [2.45, 2.75) is 71.4 Å². The standard InChI is InChI=1S/C13H29NO/c1-5-7-8-13(14-11-6-2)10-9-12(3)15-4/h12-14H,5-11H2,1-4H3. The SMILES string of the molecule is CCCCC(CCC(C)OC)NCCC. The summed E-state index contributed by atoms with van der Waals surface area (Å²) < 4.78 is 5.28. The first-order valence-electron chi connectivity index (χ1n) is 6.50. The first-order valence-corrected chi connectivity index (χ1v) is 6.50. The molecule has 0 bridgehead atoms. The summed E-state index contributed by atoms with van der Waals surface area (Å²) in [5, 5.41) is 3.63. The molecule has 1 N–H and O–H groups in total. The molecule has 0 aromatic heterocycles. The van der Waals surface area contributed by atoms with Crippen LogP contribution in [0.1, 0.15) is 59.3 Å². The van der Waals surface area contributed by atoms with Gasteiger partial charge in [0.25, 0.3) is 0 Å². The molecule has 2 heteroatoms. The van der Waals surface area contributed by atoms with Crippen LogP contribution in [0.2, 0.25) is 0 Å². The van der Waals surface area contributed by atoms with Crippen molar-refractivity contribution in [1.29, 1.82) is 0 Å². The number of methoxy groups -OCH3 is 1. The van der Waals surface area contributed by atoms with Crippen LogP contribution in [0.15, 0.2) is 0 Å². The molecular formula is C13H29NO. The van der Waals surface area contributed by atoms with Gasteiger partial charge in [0.05, 0.1) is 6.10 Å². The molecule has 2 unspecified atom stereocenters. The zero-order valence-electron chi connectivity index (χ0n) is 11.0. The van der Waals surface area contributed by atoms with E-state index in [9.17, 15) is 0 Å². The highest BCUT2D eigenvalue weighted by Gasteiger charge is 2.09. The Morgan fingerprint density at radius 2 is 1.80 bits per heavy atom. The molecule has 0 amide bonds. The highest BCUT2D eigenvalue weighted by Crippen LogP contribution is 2.10. The summed E-state index contributed by atoms with van der Waals surface area (Å²) in [6.07, 6.45) is 7.98. The maximum absolute atomic E-state index is 5.28. The Morgan fingerprint density at radius 3 is 2.33 bits per heavy atom. The van der Waals surface area contributed by atoms with Gasteiger partial charge in [0.2, 0.25) is 0 Å². The molecule has 0 rings (SSSR count). The minimum absolute atomic E-state index is 0.401. The van der Waals surface area contributed by atoms with Crippen molar-refractivity contribution in [3.05, 3.63) is 0 Å². The van der Waals surface area contributed by atoms with Crippen LogP contribution in [0.25, 0.3) is 0 Å². The monoisotopic (exact) mass is 215 g/mol. The molecule has 0 aliphatic heterocycles. The van der Waals surface area contributed by atoms with Gasteiger partial charge in [-0.1, -0.05) is 26.7 Å². The second-order valence-electron chi connectivity index (χ2n) is 4.42. The van der Waals surface area contributed by atoms with E-state index in [0.717, 1.165) is 6.54 Å². The van der Waals surface area contributed by atoms with Crippen molar-refractivity contribution in [1.82, 2.24) is 5.32 Å². The summed E-state index contributed by atoms with van der Waals surface area (Å²) in [5.41, 5.74) is 0. The fourth-order valence-electron chi connectivity index (χ4n) is 1.70. The van der Waals surface area contributed by atoms with Gasteiger partial charge in [-0.15, -0.1) is 0 Å². The minimum Gasteiger partial charge on any atom is -0.382 e. The van der Waals surface area contributed by atoms with Gasteiger partial charge in [-0.2, -0.15) is 0 Å². The van der Waals surface area contributed by atoms with Crippen molar-refractivity contribution in [3.8, 4) is 0 Å². The topological polar surface area (TPSA) is 21.3 Å². The molecule has 92 valence electrons. The van der Waals surface area contributed by atoms with Crippen LogP contribution in [-0.4, -0.2) is 25.8 Å². The summed E-state index contributed by atoms with van der Waals surface area (Å²) >= 11 is 0. The predicted octanol–water partition coefficient (Wildman–Crippen LogP) is 3.36. The summed E-state index contributed by atoms with van der Waals surface area (Å²) in [7, 11) is 1.80. The lowest BCUT2D eigenvalue weighted by atomic mass is 10.0. The van der Waals surface area contributed by atoms with Gasteiger partial charge in [-0.3, -0.25) is 0 Å². The zero-order chi connectivity index (χ0) is 11.5. The normalized spacial score (nSPS) is 15.2. The first kappa shape index (κ1) is 14.9. The molecule has 0 aliphatic rings. The number of hydrogen-bond acceptors (Lipinski definition) is 2. The quantitative estimate of drug-likeness (QED) is 0.603. The van der Waals surface area contributed by atoms with E-state index >= 15 is 0 Å². The van der Waals surface area contributed by atoms with E-state index < -0.39 is 0 Å². The molecular weight excluding hydrogens is 186 g/mol. The zero-order valence-corrected chi connectivity index (χ0v) is 11.0. The molecule has 0 heterocycles. The largest absolute Gasteiger partial charge is 0.382 e. The Labute approximate surface area is 95.8 Å². The van der Waals surface area contributed by atoms with E-state index in [2.05, 4.69) is 26.1 Å². The number of rotatable bonds is 10. The number of hydrogen-bond donors (Lipinski definition) is 1. The fraction of sp³-hybridized carbons (Fsp3) is 1.00. The maximum Gasteiger partial charge on any atom is 0.0543 e. The molecule has 0 spiro atoms. The molecule has 0 aliphatic carbocycles. The van der Waals surface area contributed by atoms with Gasteiger partial charge in [0.15, 0.2) is 0 Å². The molecule has 0 saturated heterocycles. The van der Waals surface area contributed by atoms with Crippen molar-refractivity contribution in [2.75, 3.05) is 13.7 Å². The lowest BCUT2D eigenvalue weighted by molar-refractivity contribution is 0.105. The van der Waals surface area contributed by atoms with Crippen LogP contribution in [0, 0.1) is 0 Å². The van der Waals surface area contributed by atoms with Gasteiger partial charge in [-0.25, -0.2) is 0 Å². The van der Waals surface area contributed by atoms with Crippen molar-refractivity contribution >= 4 is 0 Å². The van der Waals surface area contributed by atoms with Gasteiger partial charge in [-0.05, 0) is 39.2 Å². The molecule has 0 saturated carbocycles. The van der Waals surface area contributed by atoms with E-state index in [0.29, 0.717) is 12.1 Å². The average molecular weight is 215 g/mol. The Bertz CT molecular complexity index is 120. The molecule has 0 radical (unpaired) electrons. The van der Waals surface area contributed by atoms with Crippen LogP contribution in [0.3, 0.4) is 0 Å². The fourth-order valence-corrected chi connectivity index (χ4v) is 1.70. The Hall–Kier alpha value is -0.0800. The molecule has 15 heavy (non-hydrogen) atoms. The van der Waals surface area contributed by atoms with Crippen LogP contribution in [0.5, 0.6) is 0 Å². The first-order chi connectivity index (χ1) is 7.24.